The fraction of sp³-hybridized carbons (Fsp3) is 0.364. The minimum atomic E-state index is -0.310. The fourth-order valence-electron chi connectivity index (χ4n) is 1.42. The maximum atomic E-state index is 12.6. The summed E-state index contributed by atoms with van der Waals surface area (Å²) in [5.41, 5.74) is 0.556. The number of carbonyl (C=O) groups excluding carboxylic acids is 1. The normalized spacial score (nSPS) is 15.3. The van der Waals surface area contributed by atoms with Crippen LogP contribution in [0.25, 0.3) is 0 Å². The molecule has 0 bridgehead atoms. The summed E-state index contributed by atoms with van der Waals surface area (Å²) in [7, 11) is 1.79. The van der Waals surface area contributed by atoms with Crippen LogP contribution in [0.4, 0.5) is 4.39 Å². The van der Waals surface area contributed by atoms with E-state index in [1.165, 1.54) is 24.3 Å². The maximum Gasteiger partial charge on any atom is 0.253 e. The molecule has 1 aromatic rings. The number of halogens is 1. The lowest BCUT2D eigenvalue weighted by Crippen LogP contribution is -2.28. The molecule has 1 amide bonds. The molecule has 2 nitrogen and oxygen atoms in total. The van der Waals surface area contributed by atoms with E-state index in [2.05, 4.69) is 0 Å². The highest BCUT2D eigenvalue weighted by atomic mass is 19.1. The van der Waals surface area contributed by atoms with Crippen molar-refractivity contribution in [3.05, 3.63) is 35.6 Å². The van der Waals surface area contributed by atoms with Crippen molar-refractivity contribution in [1.82, 2.24) is 4.90 Å². The Morgan fingerprint density at radius 3 is 2.43 bits per heavy atom. The molecule has 0 unspecified atom stereocenters. The number of nitrogens with zero attached hydrogens (tertiary/aromatic N) is 1. The highest BCUT2D eigenvalue weighted by Gasteiger charge is 2.29. The molecule has 3 heteroatoms. The summed E-state index contributed by atoms with van der Waals surface area (Å²) < 4.78 is 12.6. The molecule has 74 valence electrons. The smallest absolute Gasteiger partial charge is 0.253 e. The van der Waals surface area contributed by atoms with Gasteiger partial charge in [0.2, 0.25) is 0 Å². The van der Waals surface area contributed by atoms with E-state index >= 15 is 0 Å². The fourth-order valence-corrected chi connectivity index (χ4v) is 1.42. The van der Waals surface area contributed by atoms with E-state index in [-0.39, 0.29) is 11.7 Å². The van der Waals surface area contributed by atoms with Gasteiger partial charge in [-0.1, -0.05) is 0 Å². The summed E-state index contributed by atoms with van der Waals surface area (Å²) in [6.07, 6.45) is 2.17. The van der Waals surface area contributed by atoms with Gasteiger partial charge in [-0.3, -0.25) is 4.79 Å². The number of amides is 1. The van der Waals surface area contributed by atoms with Gasteiger partial charge in [0.1, 0.15) is 5.82 Å². The number of carbonyl (C=O) groups is 1. The van der Waals surface area contributed by atoms with Gasteiger partial charge in [0.15, 0.2) is 0 Å². The van der Waals surface area contributed by atoms with E-state index in [0.29, 0.717) is 11.6 Å². The average Bonchev–Trinajstić information content (AvgIpc) is 3.00. The molecule has 0 aromatic heterocycles. The maximum absolute atomic E-state index is 12.6. The quantitative estimate of drug-likeness (QED) is 0.704. The Morgan fingerprint density at radius 2 is 1.93 bits per heavy atom. The van der Waals surface area contributed by atoms with Crippen molar-refractivity contribution in [3.8, 4) is 0 Å². The van der Waals surface area contributed by atoms with Crippen LogP contribution in [-0.2, 0) is 0 Å². The molecule has 0 radical (unpaired) electrons. The lowest BCUT2D eigenvalue weighted by atomic mass is 10.2. The molecule has 0 aliphatic heterocycles. The van der Waals surface area contributed by atoms with Crippen LogP contribution in [-0.4, -0.2) is 23.9 Å². The van der Waals surface area contributed by atoms with Crippen molar-refractivity contribution in [2.75, 3.05) is 7.05 Å². The van der Waals surface area contributed by atoms with Crippen molar-refractivity contribution in [3.63, 3.8) is 0 Å². The van der Waals surface area contributed by atoms with E-state index in [4.69, 9.17) is 0 Å². The summed E-state index contributed by atoms with van der Waals surface area (Å²) in [4.78, 5) is 13.5. The Balaban J connectivity index is 2.13. The predicted molar refractivity (Wildman–Crippen MR) is 51.5 cm³/mol. The Kier molecular flexibility index (Phi) is 2.23. The SMILES string of the molecule is CN(C(=O)c1ccc(F)cc1)C1CC1. The van der Waals surface area contributed by atoms with E-state index in [1.54, 1.807) is 11.9 Å². The van der Waals surface area contributed by atoms with Gasteiger partial charge in [-0.15, -0.1) is 0 Å². The van der Waals surface area contributed by atoms with Gasteiger partial charge >= 0.3 is 0 Å². The highest BCUT2D eigenvalue weighted by Crippen LogP contribution is 2.26. The molecule has 1 aliphatic carbocycles. The van der Waals surface area contributed by atoms with Gasteiger partial charge < -0.3 is 4.90 Å². The Labute approximate surface area is 82.3 Å². The zero-order valence-electron chi connectivity index (χ0n) is 8.03. The monoisotopic (exact) mass is 193 g/mol. The van der Waals surface area contributed by atoms with Crippen LogP contribution in [0.5, 0.6) is 0 Å². The summed E-state index contributed by atoms with van der Waals surface area (Å²) in [6, 6.07) is 6.07. The molecule has 1 fully saturated rings. The van der Waals surface area contributed by atoms with Gasteiger partial charge in [0.25, 0.3) is 5.91 Å². The van der Waals surface area contributed by atoms with Crippen molar-refractivity contribution >= 4 is 5.91 Å². The molecule has 0 atom stereocenters. The number of rotatable bonds is 2. The largest absolute Gasteiger partial charge is 0.339 e. The average molecular weight is 193 g/mol. The molecule has 0 N–H and O–H groups in total. The minimum absolute atomic E-state index is 0.0208. The molecular weight excluding hydrogens is 181 g/mol. The summed E-state index contributed by atoms with van der Waals surface area (Å²) >= 11 is 0. The lowest BCUT2D eigenvalue weighted by Gasteiger charge is -2.15. The second kappa shape index (κ2) is 3.40. The first kappa shape index (κ1) is 9.19. The minimum Gasteiger partial charge on any atom is -0.339 e. The third kappa shape index (κ3) is 1.76. The number of benzene rings is 1. The first-order valence-corrected chi connectivity index (χ1v) is 4.71. The van der Waals surface area contributed by atoms with Crippen molar-refractivity contribution in [2.24, 2.45) is 0 Å². The lowest BCUT2D eigenvalue weighted by molar-refractivity contribution is 0.0785. The second-order valence-electron chi connectivity index (χ2n) is 3.65. The molecular formula is C11H12FNO. The van der Waals surface area contributed by atoms with E-state index in [9.17, 15) is 9.18 Å². The Hall–Kier alpha value is -1.38. The summed E-state index contributed by atoms with van der Waals surface area (Å²) in [6.45, 7) is 0. The van der Waals surface area contributed by atoms with Crippen LogP contribution in [0, 0.1) is 5.82 Å². The van der Waals surface area contributed by atoms with E-state index < -0.39 is 0 Å². The molecule has 14 heavy (non-hydrogen) atoms. The first-order valence-electron chi connectivity index (χ1n) is 4.71. The van der Waals surface area contributed by atoms with E-state index in [0.717, 1.165) is 12.8 Å². The van der Waals surface area contributed by atoms with Gasteiger partial charge in [-0.25, -0.2) is 4.39 Å². The highest BCUT2D eigenvalue weighted by molar-refractivity contribution is 5.94. The molecule has 1 saturated carbocycles. The molecule has 1 aromatic carbocycles. The van der Waals surface area contributed by atoms with Crippen LogP contribution in [0.2, 0.25) is 0 Å². The standard InChI is InChI=1S/C11H12FNO/c1-13(10-6-7-10)11(14)8-2-4-9(12)5-3-8/h2-5,10H,6-7H2,1H3. The third-order valence-corrected chi connectivity index (χ3v) is 2.51. The van der Waals surface area contributed by atoms with Gasteiger partial charge in [0, 0.05) is 18.7 Å². The molecule has 0 saturated heterocycles. The Morgan fingerprint density at radius 1 is 1.36 bits per heavy atom. The van der Waals surface area contributed by atoms with Crippen LogP contribution in [0.15, 0.2) is 24.3 Å². The van der Waals surface area contributed by atoms with Crippen LogP contribution in [0.1, 0.15) is 23.2 Å². The molecule has 2 rings (SSSR count). The number of hydrogen-bond donors (Lipinski definition) is 0. The predicted octanol–water partition coefficient (Wildman–Crippen LogP) is 2.06. The van der Waals surface area contributed by atoms with Crippen LogP contribution >= 0.6 is 0 Å². The van der Waals surface area contributed by atoms with Crippen molar-refractivity contribution in [1.29, 1.82) is 0 Å². The Bertz CT molecular complexity index is 343. The number of hydrogen-bond acceptors (Lipinski definition) is 1. The third-order valence-electron chi connectivity index (χ3n) is 2.51. The van der Waals surface area contributed by atoms with Crippen molar-refractivity contribution < 1.29 is 9.18 Å². The molecule has 0 heterocycles. The molecule has 0 spiro atoms. The topological polar surface area (TPSA) is 20.3 Å². The zero-order valence-corrected chi connectivity index (χ0v) is 8.03. The second-order valence-corrected chi connectivity index (χ2v) is 3.65. The van der Waals surface area contributed by atoms with E-state index in [1.807, 2.05) is 0 Å². The van der Waals surface area contributed by atoms with Crippen LogP contribution in [0.3, 0.4) is 0 Å². The molecule has 1 aliphatic rings. The van der Waals surface area contributed by atoms with Crippen LogP contribution < -0.4 is 0 Å². The van der Waals surface area contributed by atoms with Gasteiger partial charge in [-0.2, -0.15) is 0 Å². The zero-order chi connectivity index (χ0) is 10.1. The first-order chi connectivity index (χ1) is 6.68. The summed E-state index contributed by atoms with van der Waals surface area (Å²) in [5, 5.41) is 0. The summed E-state index contributed by atoms with van der Waals surface area (Å²) in [5.74, 6) is -0.330. The van der Waals surface area contributed by atoms with Crippen molar-refractivity contribution in [2.45, 2.75) is 18.9 Å². The van der Waals surface area contributed by atoms with Gasteiger partial charge in [-0.05, 0) is 37.1 Å². The van der Waals surface area contributed by atoms with Gasteiger partial charge in [0.05, 0.1) is 0 Å².